The van der Waals surface area contributed by atoms with E-state index in [0.717, 1.165) is 44.9 Å². The van der Waals surface area contributed by atoms with E-state index in [-0.39, 0.29) is 18.5 Å². The lowest BCUT2D eigenvalue weighted by molar-refractivity contribution is -0.143. The van der Waals surface area contributed by atoms with Gasteiger partial charge < -0.3 is 20.3 Å². The quantitative estimate of drug-likeness (QED) is 0.0320. The average molecular weight is 1280 g/mol. The highest BCUT2D eigenvalue weighted by Gasteiger charge is 2.18. The summed E-state index contributed by atoms with van der Waals surface area (Å²) in [5, 5.41) is 23.3. The van der Waals surface area contributed by atoms with E-state index in [1.807, 2.05) is 6.08 Å². The van der Waals surface area contributed by atoms with Crippen LogP contribution in [0.3, 0.4) is 0 Å². The van der Waals surface area contributed by atoms with Crippen molar-refractivity contribution in [3.8, 4) is 0 Å². The van der Waals surface area contributed by atoms with Gasteiger partial charge in [-0.1, -0.05) is 436 Å². The highest BCUT2D eigenvalue weighted by Crippen LogP contribution is 2.21. The summed E-state index contributed by atoms with van der Waals surface area (Å²) < 4.78 is 5.49. The molecule has 0 saturated carbocycles. The van der Waals surface area contributed by atoms with Crippen LogP contribution in [-0.2, 0) is 14.3 Å². The number of unbranched alkanes of at least 4 members (excludes halogenated alkanes) is 67. The van der Waals surface area contributed by atoms with E-state index < -0.39 is 12.1 Å². The summed E-state index contributed by atoms with van der Waals surface area (Å²) in [4.78, 5) is 24.6. The molecule has 0 fully saturated rings. The fourth-order valence-electron chi connectivity index (χ4n) is 13.6. The molecule has 0 bridgehead atoms. The molecule has 0 aliphatic heterocycles. The SMILES string of the molecule is CCCCCC/C=C\CCCCCCCC(=O)OCCCCCCCCCCCCCCCCCCCCCCCCCCCCCCCCCCCCCCCC(=O)NC(CO)C(O)/C=C/CCCCCCCCCCCCCCCCCCCCCCCC. The molecule has 0 aliphatic carbocycles. The Morgan fingerprint density at radius 2 is 0.516 bits per heavy atom. The van der Waals surface area contributed by atoms with Gasteiger partial charge in [0, 0.05) is 12.8 Å². The summed E-state index contributed by atoms with van der Waals surface area (Å²) in [5.41, 5.74) is 0. The van der Waals surface area contributed by atoms with Gasteiger partial charge in [-0.3, -0.25) is 9.59 Å². The van der Waals surface area contributed by atoms with Gasteiger partial charge in [0.1, 0.15) is 0 Å². The van der Waals surface area contributed by atoms with E-state index in [1.54, 1.807) is 6.08 Å². The van der Waals surface area contributed by atoms with Crippen LogP contribution in [0.1, 0.15) is 483 Å². The van der Waals surface area contributed by atoms with E-state index in [4.69, 9.17) is 4.74 Å². The largest absolute Gasteiger partial charge is 0.466 e. The van der Waals surface area contributed by atoms with Crippen molar-refractivity contribution in [2.24, 2.45) is 0 Å². The van der Waals surface area contributed by atoms with Crippen LogP contribution in [0.4, 0.5) is 0 Å². The van der Waals surface area contributed by atoms with Crippen molar-refractivity contribution in [1.82, 2.24) is 5.32 Å². The first-order valence-electron chi connectivity index (χ1n) is 42.1. The number of rotatable bonds is 80. The van der Waals surface area contributed by atoms with Gasteiger partial charge in [-0.15, -0.1) is 0 Å². The molecule has 0 aromatic heterocycles. The minimum absolute atomic E-state index is 0.0148. The molecule has 0 radical (unpaired) electrons. The zero-order valence-corrected chi connectivity index (χ0v) is 62.1. The first-order chi connectivity index (χ1) is 45.0. The highest BCUT2D eigenvalue weighted by molar-refractivity contribution is 5.76. The number of amides is 1. The fraction of sp³-hybridized carbons (Fsp3) is 0.929. The second-order valence-corrected chi connectivity index (χ2v) is 29.2. The molecule has 0 aliphatic rings. The van der Waals surface area contributed by atoms with E-state index in [1.165, 1.54) is 411 Å². The minimum Gasteiger partial charge on any atom is -0.466 e. The smallest absolute Gasteiger partial charge is 0.305 e. The lowest BCUT2D eigenvalue weighted by Gasteiger charge is -2.20. The first kappa shape index (κ1) is 89.3. The van der Waals surface area contributed by atoms with Gasteiger partial charge in [0.15, 0.2) is 0 Å². The van der Waals surface area contributed by atoms with Gasteiger partial charge in [-0.2, -0.15) is 0 Å². The van der Waals surface area contributed by atoms with Crippen molar-refractivity contribution in [2.75, 3.05) is 13.2 Å². The Balaban J connectivity index is 3.33. The average Bonchev–Trinajstić information content (AvgIpc) is 3.68. The topological polar surface area (TPSA) is 95.9 Å². The zero-order valence-electron chi connectivity index (χ0n) is 62.1. The molecule has 6 heteroatoms. The molecule has 0 saturated heterocycles. The maximum Gasteiger partial charge on any atom is 0.305 e. The Morgan fingerprint density at radius 3 is 0.791 bits per heavy atom. The monoisotopic (exact) mass is 1280 g/mol. The summed E-state index contributed by atoms with van der Waals surface area (Å²) in [7, 11) is 0. The predicted molar refractivity (Wildman–Crippen MR) is 403 cm³/mol. The number of aliphatic hydroxyl groups is 2. The molecule has 2 atom stereocenters. The summed E-state index contributed by atoms with van der Waals surface area (Å²) >= 11 is 0. The molecule has 91 heavy (non-hydrogen) atoms. The third kappa shape index (κ3) is 77.2. The molecule has 0 rings (SSSR count). The maximum absolute atomic E-state index is 12.6. The number of carbonyl (C=O) groups is 2. The van der Waals surface area contributed by atoms with E-state index in [2.05, 4.69) is 31.3 Å². The molecule has 1 amide bonds. The second-order valence-electron chi connectivity index (χ2n) is 29.2. The van der Waals surface area contributed by atoms with Crippen molar-refractivity contribution < 1.29 is 24.5 Å². The summed E-state index contributed by atoms with van der Waals surface area (Å²) in [6, 6.07) is -0.625. The van der Waals surface area contributed by atoms with Crippen molar-refractivity contribution in [2.45, 2.75) is 495 Å². The first-order valence-corrected chi connectivity index (χ1v) is 42.1. The Hall–Kier alpha value is -1.66. The van der Waals surface area contributed by atoms with E-state index in [0.29, 0.717) is 19.4 Å². The van der Waals surface area contributed by atoms with Crippen molar-refractivity contribution >= 4 is 11.9 Å². The van der Waals surface area contributed by atoms with Crippen molar-refractivity contribution in [3.05, 3.63) is 24.3 Å². The highest BCUT2D eigenvalue weighted by atomic mass is 16.5. The number of allylic oxidation sites excluding steroid dienone is 3. The molecule has 3 N–H and O–H groups in total. The summed E-state index contributed by atoms with van der Waals surface area (Å²) in [5.74, 6) is -0.0417. The van der Waals surface area contributed by atoms with Crippen molar-refractivity contribution in [1.29, 1.82) is 0 Å². The number of hydrogen-bond donors (Lipinski definition) is 3. The number of aliphatic hydroxyl groups excluding tert-OH is 2. The number of ether oxygens (including phenoxy) is 1. The van der Waals surface area contributed by atoms with Crippen LogP contribution in [0.15, 0.2) is 24.3 Å². The van der Waals surface area contributed by atoms with E-state index in [9.17, 15) is 19.8 Å². The lowest BCUT2D eigenvalue weighted by Crippen LogP contribution is -2.45. The van der Waals surface area contributed by atoms with Crippen LogP contribution in [0.25, 0.3) is 0 Å². The maximum atomic E-state index is 12.6. The normalized spacial score (nSPS) is 12.5. The molecule has 6 nitrogen and oxygen atoms in total. The Bertz CT molecular complexity index is 1430. The van der Waals surface area contributed by atoms with Crippen molar-refractivity contribution in [3.63, 3.8) is 0 Å². The molecule has 540 valence electrons. The van der Waals surface area contributed by atoms with Gasteiger partial charge in [0.25, 0.3) is 0 Å². The van der Waals surface area contributed by atoms with Crippen LogP contribution in [0.2, 0.25) is 0 Å². The van der Waals surface area contributed by atoms with Crippen LogP contribution in [0.5, 0.6) is 0 Å². The molecule has 0 aromatic carbocycles. The van der Waals surface area contributed by atoms with E-state index >= 15 is 0 Å². The number of carbonyl (C=O) groups excluding carboxylic acids is 2. The van der Waals surface area contributed by atoms with Crippen LogP contribution >= 0.6 is 0 Å². The van der Waals surface area contributed by atoms with Gasteiger partial charge >= 0.3 is 5.97 Å². The molecule has 0 heterocycles. The Labute approximate surface area is 571 Å². The van der Waals surface area contributed by atoms with Crippen LogP contribution < -0.4 is 5.32 Å². The number of nitrogens with one attached hydrogen (secondary N) is 1. The number of esters is 1. The van der Waals surface area contributed by atoms with Gasteiger partial charge in [0.05, 0.1) is 25.4 Å². The van der Waals surface area contributed by atoms with Crippen LogP contribution in [-0.4, -0.2) is 47.4 Å². The Kier molecular flexibility index (Phi) is 79.3. The standard InChI is InChI=1S/C85H165NO5/c1-3-5-7-9-11-13-15-17-18-19-20-21-22-38-41-44-47-50-54-57-61-65-69-73-77-83(88)82(81-87)86-84(89)78-74-70-66-62-58-55-51-48-45-42-39-36-34-32-30-28-26-24-23-25-27-29-31-33-35-37-40-43-46-49-52-56-60-64-68-72-76-80-91-85(90)79-75-71-67-63-59-53-16-14-12-10-8-6-4-2/h14,16,73,77,82-83,87-88H,3-13,15,17-72,74-76,78-81H2,1-2H3,(H,86,89)/b16-14-,77-73+. The number of hydrogen-bond acceptors (Lipinski definition) is 5. The lowest BCUT2D eigenvalue weighted by atomic mass is 10.0. The molecule has 2 unspecified atom stereocenters. The molecule has 0 aromatic rings. The van der Waals surface area contributed by atoms with Gasteiger partial charge in [0.2, 0.25) is 5.91 Å². The molecule has 0 spiro atoms. The van der Waals surface area contributed by atoms with Gasteiger partial charge in [-0.25, -0.2) is 0 Å². The minimum atomic E-state index is -0.842. The summed E-state index contributed by atoms with van der Waals surface area (Å²) in [6.07, 6.45) is 105. The van der Waals surface area contributed by atoms with Crippen LogP contribution in [0, 0.1) is 0 Å². The third-order valence-electron chi connectivity index (χ3n) is 20.0. The molecular formula is C85H165NO5. The molecular weight excluding hydrogens is 1110 g/mol. The van der Waals surface area contributed by atoms with Gasteiger partial charge in [-0.05, 0) is 57.8 Å². The summed E-state index contributed by atoms with van der Waals surface area (Å²) in [6.45, 7) is 4.94. The Morgan fingerprint density at radius 1 is 0.297 bits per heavy atom. The fourth-order valence-corrected chi connectivity index (χ4v) is 13.6. The predicted octanol–water partition coefficient (Wildman–Crippen LogP) is 28.0. The second kappa shape index (κ2) is 80.8. The zero-order chi connectivity index (χ0) is 65.6. The third-order valence-corrected chi connectivity index (χ3v) is 20.0.